The quantitative estimate of drug-likeness (QED) is 0.369. The summed E-state index contributed by atoms with van der Waals surface area (Å²) in [6.07, 6.45) is 4.47. The molecular weight excluding hydrogens is 356 g/mol. The van der Waals surface area contributed by atoms with Crippen LogP contribution >= 0.6 is 11.6 Å². The summed E-state index contributed by atoms with van der Waals surface area (Å²) in [6.45, 7) is 8.60. The van der Waals surface area contributed by atoms with Crippen LogP contribution in [0, 0.1) is 0 Å². The van der Waals surface area contributed by atoms with Gasteiger partial charge in [-0.3, -0.25) is 0 Å². The predicted molar refractivity (Wildman–Crippen MR) is 116 cm³/mol. The third-order valence-electron chi connectivity index (χ3n) is 4.93. The lowest BCUT2D eigenvalue weighted by atomic mass is 10.00. The average Bonchev–Trinajstić information content (AvgIpc) is 2.65. The molecule has 2 nitrogen and oxygen atoms in total. The standard InChI is InChI=1S/C24H29ClO2/c1-5-10-16(3)26-23-18-12-7-8-13-19(18)24(27-17(4)11-6-2)22-20(23)14-9-15-21(22)25/h7-9,12-17H,5-6,10-11H2,1-4H3. The lowest BCUT2D eigenvalue weighted by molar-refractivity contribution is 0.211. The highest BCUT2D eigenvalue weighted by Crippen LogP contribution is 2.46. The Morgan fingerprint density at radius 3 is 1.85 bits per heavy atom. The molecule has 0 fully saturated rings. The van der Waals surface area contributed by atoms with Crippen molar-refractivity contribution in [3.05, 3.63) is 47.5 Å². The van der Waals surface area contributed by atoms with Gasteiger partial charge in [-0.05, 0) is 32.8 Å². The van der Waals surface area contributed by atoms with Crippen molar-refractivity contribution in [1.29, 1.82) is 0 Å². The lowest BCUT2D eigenvalue weighted by Gasteiger charge is -2.23. The third-order valence-corrected chi connectivity index (χ3v) is 5.25. The van der Waals surface area contributed by atoms with Crippen molar-refractivity contribution in [2.75, 3.05) is 0 Å². The fourth-order valence-corrected chi connectivity index (χ4v) is 3.95. The average molecular weight is 385 g/mol. The van der Waals surface area contributed by atoms with Crippen molar-refractivity contribution in [3.63, 3.8) is 0 Å². The van der Waals surface area contributed by atoms with E-state index in [9.17, 15) is 0 Å². The van der Waals surface area contributed by atoms with Gasteiger partial charge >= 0.3 is 0 Å². The number of halogens is 1. The van der Waals surface area contributed by atoms with Crippen LogP contribution in [0.2, 0.25) is 5.02 Å². The number of hydrogen-bond acceptors (Lipinski definition) is 2. The summed E-state index contributed by atoms with van der Waals surface area (Å²) in [5.41, 5.74) is 0. The second kappa shape index (κ2) is 8.84. The highest BCUT2D eigenvalue weighted by Gasteiger charge is 2.20. The molecule has 0 bridgehead atoms. The second-order valence-electron chi connectivity index (χ2n) is 7.30. The molecule has 3 aromatic carbocycles. The van der Waals surface area contributed by atoms with E-state index in [0.717, 1.165) is 58.7 Å². The van der Waals surface area contributed by atoms with Crippen molar-refractivity contribution in [1.82, 2.24) is 0 Å². The number of benzene rings is 3. The van der Waals surface area contributed by atoms with Gasteiger partial charge in [0.1, 0.15) is 11.5 Å². The number of ether oxygens (including phenoxy) is 2. The first-order chi connectivity index (χ1) is 13.1. The zero-order valence-corrected chi connectivity index (χ0v) is 17.5. The van der Waals surface area contributed by atoms with Crippen molar-refractivity contribution in [3.8, 4) is 11.5 Å². The second-order valence-corrected chi connectivity index (χ2v) is 7.71. The summed E-state index contributed by atoms with van der Waals surface area (Å²) in [7, 11) is 0. The van der Waals surface area contributed by atoms with E-state index in [-0.39, 0.29) is 12.2 Å². The van der Waals surface area contributed by atoms with Crippen molar-refractivity contribution in [2.24, 2.45) is 0 Å². The Balaban J connectivity index is 2.28. The summed E-state index contributed by atoms with van der Waals surface area (Å²) in [5.74, 6) is 1.77. The predicted octanol–water partition coefficient (Wildman–Crippen LogP) is 7.78. The third kappa shape index (κ3) is 4.16. The van der Waals surface area contributed by atoms with E-state index in [2.05, 4.69) is 52.0 Å². The monoisotopic (exact) mass is 384 g/mol. The van der Waals surface area contributed by atoms with Crippen LogP contribution in [0.15, 0.2) is 42.5 Å². The van der Waals surface area contributed by atoms with Crippen LogP contribution in [-0.2, 0) is 0 Å². The van der Waals surface area contributed by atoms with Crippen LogP contribution in [0.5, 0.6) is 11.5 Å². The van der Waals surface area contributed by atoms with Gasteiger partial charge in [0, 0.05) is 21.5 Å². The summed E-state index contributed by atoms with van der Waals surface area (Å²) in [5, 5.41) is 4.79. The Kier molecular flexibility index (Phi) is 6.49. The minimum absolute atomic E-state index is 0.128. The highest BCUT2D eigenvalue weighted by molar-refractivity contribution is 6.37. The minimum atomic E-state index is 0.128. The van der Waals surface area contributed by atoms with Crippen LogP contribution in [0.1, 0.15) is 53.4 Å². The Morgan fingerprint density at radius 2 is 1.26 bits per heavy atom. The van der Waals surface area contributed by atoms with E-state index < -0.39 is 0 Å². The molecule has 0 N–H and O–H groups in total. The molecule has 0 heterocycles. The summed E-state index contributed by atoms with van der Waals surface area (Å²) in [4.78, 5) is 0. The smallest absolute Gasteiger partial charge is 0.137 e. The van der Waals surface area contributed by atoms with Gasteiger partial charge < -0.3 is 9.47 Å². The molecule has 0 aliphatic heterocycles. The van der Waals surface area contributed by atoms with Gasteiger partial charge in [0.25, 0.3) is 0 Å². The molecule has 2 atom stereocenters. The molecular formula is C24H29ClO2. The molecule has 0 radical (unpaired) electrons. The van der Waals surface area contributed by atoms with Crippen molar-refractivity contribution in [2.45, 2.75) is 65.6 Å². The fourth-order valence-electron chi connectivity index (χ4n) is 3.69. The Labute approximate surface area is 167 Å². The van der Waals surface area contributed by atoms with Crippen LogP contribution in [0.4, 0.5) is 0 Å². The first-order valence-electron chi connectivity index (χ1n) is 10.0. The number of hydrogen-bond donors (Lipinski definition) is 0. The molecule has 3 aromatic rings. The van der Waals surface area contributed by atoms with Crippen LogP contribution in [0.3, 0.4) is 0 Å². The summed E-state index contributed by atoms with van der Waals surface area (Å²) in [6, 6.07) is 14.3. The van der Waals surface area contributed by atoms with E-state index in [4.69, 9.17) is 21.1 Å². The van der Waals surface area contributed by atoms with E-state index >= 15 is 0 Å². The SMILES string of the molecule is CCCC(C)Oc1c2ccccc2c(OC(C)CCC)c2c(Cl)cccc12. The molecule has 27 heavy (non-hydrogen) atoms. The van der Waals surface area contributed by atoms with Crippen molar-refractivity contribution >= 4 is 33.1 Å². The van der Waals surface area contributed by atoms with E-state index in [1.54, 1.807) is 0 Å². The lowest BCUT2D eigenvalue weighted by Crippen LogP contribution is -2.13. The number of rotatable bonds is 8. The largest absolute Gasteiger partial charge is 0.489 e. The Hall–Kier alpha value is -1.93. The molecule has 3 rings (SSSR count). The van der Waals surface area contributed by atoms with Gasteiger partial charge in [0.2, 0.25) is 0 Å². The zero-order chi connectivity index (χ0) is 19.4. The van der Waals surface area contributed by atoms with Gasteiger partial charge in [-0.15, -0.1) is 0 Å². The fraction of sp³-hybridized carbons (Fsp3) is 0.417. The molecule has 0 aliphatic rings. The van der Waals surface area contributed by atoms with Crippen LogP contribution in [0.25, 0.3) is 21.5 Å². The summed E-state index contributed by atoms with van der Waals surface area (Å²) < 4.78 is 12.9. The molecule has 0 spiro atoms. The van der Waals surface area contributed by atoms with E-state index in [0.29, 0.717) is 5.02 Å². The van der Waals surface area contributed by atoms with Gasteiger partial charge in [-0.1, -0.05) is 74.7 Å². The maximum Gasteiger partial charge on any atom is 0.137 e. The Morgan fingerprint density at radius 1 is 0.741 bits per heavy atom. The molecule has 3 heteroatoms. The van der Waals surface area contributed by atoms with E-state index in [1.807, 2.05) is 18.2 Å². The van der Waals surface area contributed by atoms with Gasteiger partial charge in [0.15, 0.2) is 0 Å². The molecule has 0 amide bonds. The van der Waals surface area contributed by atoms with Gasteiger partial charge in [-0.25, -0.2) is 0 Å². The molecule has 0 saturated carbocycles. The van der Waals surface area contributed by atoms with Crippen LogP contribution in [-0.4, -0.2) is 12.2 Å². The van der Waals surface area contributed by atoms with E-state index in [1.165, 1.54) is 0 Å². The first kappa shape index (κ1) is 19.8. The van der Waals surface area contributed by atoms with Crippen molar-refractivity contribution < 1.29 is 9.47 Å². The zero-order valence-electron chi connectivity index (χ0n) is 16.7. The number of fused-ring (bicyclic) bond motifs is 2. The molecule has 0 saturated heterocycles. The maximum absolute atomic E-state index is 6.66. The normalized spacial score (nSPS) is 13.7. The molecule has 2 unspecified atom stereocenters. The maximum atomic E-state index is 6.66. The highest BCUT2D eigenvalue weighted by atomic mass is 35.5. The molecule has 144 valence electrons. The molecule has 0 aromatic heterocycles. The minimum Gasteiger partial charge on any atom is -0.489 e. The van der Waals surface area contributed by atoms with Gasteiger partial charge in [-0.2, -0.15) is 0 Å². The molecule has 0 aliphatic carbocycles. The Bertz CT molecular complexity index is 919. The first-order valence-corrected chi connectivity index (χ1v) is 10.4. The topological polar surface area (TPSA) is 18.5 Å². The van der Waals surface area contributed by atoms with Crippen LogP contribution < -0.4 is 9.47 Å². The van der Waals surface area contributed by atoms with Gasteiger partial charge in [0.05, 0.1) is 17.2 Å². The summed E-state index contributed by atoms with van der Waals surface area (Å²) >= 11 is 6.66.